The van der Waals surface area contributed by atoms with E-state index in [9.17, 15) is 0 Å². The molecule has 0 saturated carbocycles. The summed E-state index contributed by atoms with van der Waals surface area (Å²) in [6, 6.07) is 41.6. The van der Waals surface area contributed by atoms with E-state index in [1.165, 1.54) is 97.8 Å². The zero-order valence-electron chi connectivity index (χ0n) is 36.3. The van der Waals surface area contributed by atoms with Gasteiger partial charge in [-0.15, -0.1) is 69.1 Å². The number of ether oxygens (including phenoxy) is 1. The van der Waals surface area contributed by atoms with Crippen LogP contribution in [-0.2, 0) is 36.4 Å². The summed E-state index contributed by atoms with van der Waals surface area (Å²) in [6.45, 7) is 27.4. The van der Waals surface area contributed by atoms with Gasteiger partial charge in [-0.25, -0.2) is 0 Å². The summed E-state index contributed by atoms with van der Waals surface area (Å²) in [4.78, 5) is 0. The Morgan fingerprint density at radius 3 is 1.32 bits per heavy atom. The Morgan fingerprint density at radius 2 is 0.964 bits per heavy atom. The molecule has 2 radical (unpaired) electrons. The molecule has 0 bridgehead atoms. The molecule has 0 unspecified atom stereocenters. The van der Waals surface area contributed by atoms with Crippen LogP contribution < -0.4 is 0 Å². The van der Waals surface area contributed by atoms with Gasteiger partial charge in [0.15, 0.2) is 0 Å². The summed E-state index contributed by atoms with van der Waals surface area (Å²) in [5.41, 5.74) is 11.2. The van der Waals surface area contributed by atoms with Crippen molar-refractivity contribution in [3.05, 3.63) is 131 Å². The third-order valence-corrected chi connectivity index (χ3v) is 10.6. The summed E-state index contributed by atoms with van der Waals surface area (Å²) in [5, 5.41) is 5.38. The van der Waals surface area contributed by atoms with E-state index in [0.29, 0.717) is 0 Å². The molecule has 6 aromatic rings. The predicted molar refractivity (Wildman–Crippen MR) is 249 cm³/mol. The van der Waals surface area contributed by atoms with Crippen LogP contribution in [0.25, 0.3) is 43.8 Å². The molecule has 56 heavy (non-hydrogen) atoms. The topological polar surface area (TPSA) is 9.23 Å². The second kappa shape index (κ2) is 22.8. The van der Waals surface area contributed by atoms with Crippen LogP contribution in [-0.4, -0.2) is 21.7 Å². The molecule has 0 saturated heterocycles. The first-order valence-electron chi connectivity index (χ1n) is 20.2. The van der Waals surface area contributed by atoms with Gasteiger partial charge in [-0.05, 0) is 60.3 Å². The van der Waals surface area contributed by atoms with Gasteiger partial charge in [0, 0.05) is 16.1 Å². The summed E-state index contributed by atoms with van der Waals surface area (Å²) in [7, 11) is 11.0. The van der Waals surface area contributed by atoms with Crippen LogP contribution >= 0.6 is 17.0 Å². The van der Waals surface area contributed by atoms with Crippen molar-refractivity contribution in [2.24, 2.45) is 0 Å². The Balaban J connectivity index is 0.000000223. The minimum atomic E-state index is -0.826. The van der Waals surface area contributed by atoms with Crippen LogP contribution in [0, 0.1) is 13.8 Å². The number of hydrogen-bond donors (Lipinski definition) is 0. The Labute approximate surface area is 362 Å². The first-order valence-corrected chi connectivity index (χ1v) is 28.2. The summed E-state index contributed by atoms with van der Waals surface area (Å²) in [6.07, 6.45) is 5.35. The van der Waals surface area contributed by atoms with E-state index in [1.807, 2.05) is 0 Å². The monoisotopic (exact) mass is 882 g/mol. The molecule has 0 aliphatic heterocycles. The van der Waals surface area contributed by atoms with E-state index >= 15 is 0 Å². The number of benzene rings is 4. The van der Waals surface area contributed by atoms with Gasteiger partial charge in [-0.1, -0.05) is 159 Å². The molecule has 0 heterocycles. The zero-order chi connectivity index (χ0) is 41.5. The van der Waals surface area contributed by atoms with E-state index in [-0.39, 0.29) is 16.4 Å². The van der Waals surface area contributed by atoms with E-state index in [2.05, 4.69) is 192 Å². The SMILES string of the molecule is C[Si]CCCCCCOC(C)(C)C.Cc1cc2c(-c3ccc(C(C)(C)C)cc3)cccc2[cH-]1.Cc1cc2c(-c3ccc(C(C)(C)C)cc3)cccc2[cH-]1.[Cl][Zr+2][Cl]. The van der Waals surface area contributed by atoms with Crippen LogP contribution in [0.1, 0.15) is 110 Å². The van der Waals surface area contributed by atoms with Crippen molar-refractivity contribution >= 4 is 48.1 Å². The van der Waals surface area contributed by atoms with E-state index in [1.54, 1.807) is 0 Å². The van der Waals surface area contributed by atoms with E-state index in [0.717, 1.165) is 16.1 Å². The van der Waals surface area contributed by atoms with Crippen molar-refractivity contribution in [2.45, 2.75) is 131 Å². The van der Waals surface area contributed by atoms with Gasteiger partial charge in [0.1, 0.15) is 0 Å². The average Bonchev–Trinajstić information content (AvgIpc) is 3.72. The van der Waals surface area contributed by atoms with Gasteiger partial charge >= 0.3 is 37.9 Å². The quantitative estimate of drug-likeness (QED) is 0.0799. The fraction of sp³-hybridized carbons (Fsp3) is 0.412. The first kappa shape index (κ1) is 48.1. The molecule has 0 aliphatic rings. The number of halogens is 2. The van der Waals surface area contributed by atoms with Crippen molar-refractivity contribution < 1.29 is 25.6 Å². The summed E-state index contributed by atoms with van der Waals surface area (Å²) >= 11 is -0.826. The molecule has 298 valence electrons. The van der Waals surface area contributed by atoms with Gasteiger partial charge < -0.3 is 4.74 Å². The number of hydrogen-bond acceptors (Lipinski definition) is 1. The number of rotatable bonds is 9. The van der Waals surface area contributed by atoms with Crippen LogP contribution in [0.15, 0.2) is 109 Å². The third-order valence-electron chi connectivity index (χ3n) is 9.77. The first-order chi connectivity index (χ1) is 26.4. The Bertz CT molecular complexity index is 1880. The van der Waals surface area contributed by atoms with Gasteiger partial charge in [0.25, 0.3) is 0 Å². The minimum absolute atomic E-state index is 0.0464. The molecule has 0 fully saturated rings. The maximum atomic E-state index is 5.64. The average molecular weight is 885 g/mol. The Hall–Kier alpha value is -2.26. The molecule has 0 atom stereocenters. The van der Waals surface area contributed by atoms with Crippen molar-refractivity contribution in [3.63, 3.8) is 0 Å². The summed E-state index contributed by atoms with van der Waals surface area (Å²) in [5.74, 6) is 0. The number of fused-ring (bicyclic) bond motifs is 2. The Morgan fingerprint density at radius 1 is 0.571 bits per heavy atom. The molecule has 6 aromatic carbocycles. The third kappa shape index (κ3) is 15.8. The molecular formula is C51H66Cl2OSiZr. The molecule has 0 aromatic heterocycles. The van der Waals surface area contributed by atoms with Crippen LogP contribution in [0.5, 0.6) is 0 Å². The number of unbranched alkanes of at least 4 members (excludes halogenated alkanes) is 3. The van der Waals surface area contributed by atoms with Gasteiger partial charge in [0.2, 0.25) is 0 Å². The van der Waals surface area contributed by atoms with E-state index in [4.69, 9.17) is 21.8 Å². The molecule has 0 amide bonds. The van der Waals surface area contributed by atoms with Crippen molar-refractivity contribution in [3.8, 4) is 22.3 Å². The van der Waals surface area contributed by atoms with E-state index < -0.39 is 20.8 Å². The van der Waals surface area contributed by atoms with Crippen molar-refractivity contribution in [1.29, 1.82) is 0 Å². The normalized spacial score (nSPS) is 11.5. The molecule has 1 nitrogen and oxygen atoms in total. The van der Waals surface area contributed by atoms with Gasteiger partial charge in [0.05, 0.1) is 5.60 Å². The predicted octanol–water partition coefficient (Wildman–Crippen LogP) is 16.6. The van der Waals surface area contributed by atoms with Crippen molar-refractivity contribution in [2.75, 3.05) is 6.61 Å². The van der Waals surface area contributed by atoms with Gasteiger partial charge in [-0.2, -0.15) is 12.1 Å². The molecule has 0 spiro atoms. The number of aryl methyl sites for hydroxylation is 2. The van der Waals surface area contributed by atoms with Crippen LogP contribution in [0.4, 0.5) is 0 Å². The maximum absolute atomic E-state index is 5.64. The standard InChI is InChI=1S/2C20H21.C11H24OSi.2ClH.Zr/c2*1-14-12-16-6-5-7-18(19(16)13-14)15-8-10-17(11-9-15)20(2,3)4;1-11(2,3)12-9-7-5-6-8-10-13-4;;;/h2*5-13H,1-4H3;5-10H2,1-4H3;2*1H;/q2*-1;;;;+4/p-2. The fourth-order valence-corrected chi connectivity index (χ4v) is 7.31. The molecular weight excluding hydrogens is 819 g/mol. The molecule has 6 rings (SSSR count). The van der Waals surface area contributed by atoms with Crippen LogP contribution in [0.3, 0.4) is 0 Å². The second-order valence-corrected chi connectivity index (χ2v) is 22.8. The van der Waals surface area contributed by atoms with Crippen LogP contribution in [0.2, 0.25) is 12.6 Å². The summed E-state index contributed by atoms with van der Waals surface area (Å²) < 4.78 is 5.64. The van der Waals surface area contributed by atoms with Crippen molar-refractivity contribution in [1.82, 2.24) is 0 Å². The molecule has 0 aliphatic carbocycles. The molecule has 0 N–H and O–H groups in total. The second-order valence-electron chi connectivity index (χ2n) is 17.9. The fourth-order valence-electron chi connectivity index (χ4n) is 6.71. The zero-order valence-corrected chi connectivity index (χ0v) is 41.3. The molecule has 5 heteroatoms. The Kier molecular flexibility index (Phi) is 19.6. The van der Waals surface area contributed by atoms with Gasteiger partial charge in [-0.3, -0.25) is 0 Å².